The molecule has 0 aromatic rings. The molecule has 0 aliphatic heterocycles. The summed E-state index contributed by atoms with van der Waals surface area (Å²) in [4.78, 5) is 12.0. The van der Waals surface area contributed by atoms with Gasteiger partial charge >= 0.3 is 6.09 Å². The van der Waals surface area contributed by atoms with Crippen LogP contribution in [0.2, 0.25) is 0 Å². The minimum atomic E-state index is -0.364. The van der Waals surface area contributed by atoms with Gasteiger partial charge in [0.1, 0.15) is 0 Å². The normalized spacial score (nSPS) is 11.5. The second kappa shape index (κ2) is 44.1. The van der Waals surface area contributed by atoms with Crippen LogP contribution in [0.15, 0.2) is 0 Å². The van der Waals surface area contributed by atoms with Gasteiger partial charge in [-0.05, 0) is 24.7 Å². The maximum Gasteiger partial charge on any atom is 0.407 e. The zero-order valence-electron chi connectivity index (χ0n) is 32.1. The third kappa shape index (κ3) is 47.5. The molecule has 1 atom stereocenters. The third-order valence-electron chi connectivity index (χ3n) is 7.68. The number of unbranched alkanes of at least 4 members (excludes halogenated alkanes) is 20. The lowest BCUT2D eigenvalue weighted by molar-refractivity contribution is -0.0176. The van der Waals surface area contributed by atoms with Gasteiger partial charge in [0, 0.05) is 33.5 Å². The quantitative estimate of drug-likeness (QED) is 0.0621. The Morgan fingerprint density at radius 3 is 1.30 bits per heavy atom. The first-order valence-electron chi connectivity index (χ1n) is 19.5. The first kappa shape index (κ1) is 49.5. The highest BCUT2D eigenvalue weighted by Crippen LogP contribution is 2.13. The highest BCUT2D eigenvalue weighted by atomic mass is 16.6. The average Bonchev–Trinajstić information content (AvgIpc) is 3.05. The number of hydrogen-bond donors (Lipinski definition) is 3. The van der Waals surface area contributed by atoms with Gasteiger partial charge in [-0.2, -0.15) is 0 Å². The van der Waals surface area contributed by atoms with Crippen LogP contribution in [0, 0.1) is 11.8 Å². The fraction of sp³-hybridized carbons (Fsp3) is 0.974. The smallest absolute Gasteiger partial charge is 0.407 e. The highest BCUT2D eigenvalue weighted by molar-refractivity contribution is 5.67. The Morgan fingerprint density at radius 1 is 0.565 bits per heavy atom. The molecule has 0 radical (unpaired) electrons. The van der Waals surface area contributed by atoms with Crippen LogP contribution >= 0.6 is 0 Å². The molecule has 1 unspecified atom stereocenters. The van der Waals surface area contributed by atoms with Crippen molar-refractivity contribution in [2.75, 3.05) is 46.7 Å². The Bertz CT molecular complexity index is 547. The second-order valence-electron chi connectivity index (χ2n) is 13.6. The van der Waals surface area contributed by atoms with Crippen molar-refractivity contribution in [2.45, 2.75) is 189 Å². The number of aliphatic hydroxyl groups excluding tert-OH is 2. The monoisotopic (exact) mass is 662 g/mol. The van der Waals surface area contributed by atoms with Crippen molar-refractivity contribution in [1.82, 2.24) is 5.32 Å². The fourth-order valence-corrected chi connectivity index (χ4v) is 4.76. The summed E-state index contributed by atoms with van der Waals surface area (Å²) in [6, 6.07) is 0. The number of alkyl carbamates (subject to hydrolysis) is 1. The van der Waals surface area contributed by atoms with Gasteiger partial charge in [0.25, 0.3) is 0 Å². The molecule has 0 aliphatic rings. The Hall–Kier alpha value is -0.890. The van der Waals surface area contributed by atoms with Gasteiger partial charge in [0.15, 0.2) is 0 Å². The Kier molecular flexibility index (Phi) is 47.5. The van der Waals surface area contributed by atoms with E-state index < -0.39 is 0 Å². The van der Waals surface area contributed by atoms with Crippen molar-refractivity contribution in [3.63, 3.8) is 0 Å². The molecule has 0 spiro atoms. The first-order valence-corrected chi connectivity index (χ1v) is 19.5. The molecule has 0 bridgehead atoms. The number of hydrogen-bond acceptors (Lipinski definition) is 6. The summed E-state index contributed by atoms with van der Waals surface area (Å²) < 4.78 is 17.3. The van der Waals surface area contributed by atoms with Crippen molar-refractivity contribution in [3.8, 4) is 0 Å². The minimum Gasteiger partial charge on any atom is -0.449 e. The molecule has 46 heavy (non-hydrogen) atoms. The van der Waals surface area contributed by atoms with Gasteiger partial charge in [0.05, 0.1) is 19.3 Å². The lowest BCUT2D eigenvalue weighted by Gasteiger charge is -2.19. The molecule has 0 aromatic carbocycles. The van der Waals surface area contributed by atoms with E-state index in [-0.39, 0.29) is 12.2 Å². The Labute approximate surface area is 287 Å². The summed E-state index contributed by atoms with van der Waals surface area (Å²) in [5.74, 6) is 0.771. The van der Waals surface area contributed by atoms with E-state index in [1.165, 1.54) is 128 Å². The van der Waals surface area contributed by atoms with Crippen LogP contribution in [0.3, 0.4) is 0 Å². The molecule has 0 fully saturated rings. The molecule has 0 aromatic heterocycles. The molecular weight excluding hydrogens is 578 g/mol. The molecular formula is C39H83NO6. The summed E-state index contributed by atoms with van der Waals surface area (Å²) in [6.45, 7) is 15.8. The van der Waals surface area contributed by atoms with Crippen molar-refractivity contribution in [1.29, 1.82) is 0 Å². The molecule has 0 aliphatic carbocycles. The average molecular weight is 662 g/mol. The van der Waals surface area contributed by atoms with Crippen molar-refractivity contribution >= 4 is 6.09 Å². The minimum absolute atomic E-state index is 0.118. The van der Waals surface area contributed by atoms with Crippen molar-refractivity contribution in [3.05, 3.63) is 0 Å². The van der Waals surface area contributed by atoms with Crippen molar-refractivity contribution in [2.24, 2.45) is 11.8 Å². The maximum absolute atomic E-state index is 12.0. The number of carbonyl (C=O) groups excluding carboxylic acids is 1. The molecule has 0 saturated carbocycles. The zero-order chi connectivity index (χ0) is 34.9. The van der Waals surface area contributed by atoms with E-state index in [2.05, 4.69) is 19.2 Å². The lowest BCUT2D eigenvalue weighted by atomic mass is 10.1. The molecule has 280 valence electrons. The predicted molar refractivity (Wildman–Crippen MR) is 198 cm³/mol. The van der Waals surface area contributed by atoms with E-state index in [0.717, 1.165) is 33.2 Å². The SMILES string of the molecule is CC(C)CO.CCCCCCCCCCCCCCOC(CNC(=O)OCC(C)C)COCCCCCCCCCCCC.CO. The number of nitrogens with one attached hydrogen (secondary N) is 1. The molecule has 0 heterocycles. The van der Waals surface area contributed by atoms with E-state index in [9.17, 15) is 4.79 Å². The van der Waals surface area contributed by atoms with Gasteiger partial charge in [-0.1, -0.05) is 170 Å². The zero-order valence-corrected chi connectivity index (χ0v) is 32.1. The van der Waals surface area contributed by atoms with Gasteiger partial charge < -0.3 is 29.7 Å². The highest BCUT2D eigenvalue weighted by Gasteiger charge is 2.13. The topological polar surface area (TPSA) is 97.3 Å². The maximum atomic E-state index is 12.0. The molecule has 3 N–H and O–H groups in total. The van der Waals surface area contributed by atoms with Crippen LogP contribution in [0.25, 0.3) is 0 Å². The van der Waals surface area contributed by atoms with E-state index >= 15 is 0 Å². The number of aliphatic hydroxyl groups is 2. The predicted octanol–water partition coefficient (Wildman–Crippen LogP) is 10.6. The molecule has 7 heteroatoms. The van der Waals surface area contributed by atoms with E-state index in [1.54, 1.807) is 0 Å². The number of rotatable bonds is 32. The van der Waals surface area contributed by atoms with Gasteiger partial charge in [0.2, 0.25) is 0 Å². The third-order valence-corrected chi connectivity index (χ3v) is 7.68. The number of carbonyl (C=O) groups is 1. The van der Waals surface area contributed by atoms with Gasteiger partial charge in [-0.3, -0.25) is 0 Å². The molecule has 0 rings (SSSR count). The van der Waals surface area contributed by atoms with Crippen LogP contribution in [0.4, 0.5) is 4.79 Å². The summed E-state index contributed by atoms with van der Waals surface area (Å²) in [5, 5.41) is 18.0. The van der Waals surface area contributed by atoms with Gasteiger partial charge in [-0.15, -0.1) is 0 Å². The Morgan fingerprint density at radius 2 is 0.935 bits per heavy atom. The van der Waals surface area contributed by atoms with Crippen LogP contribution in [0.1, 0.15) is 183 Å². The van der Waals surface area contributed by atoms with Gasteiger partial charge in [-0.25, -0.2) is 4.79 Å². The molecule has 7 nitrogen and oxygen atoms in total. The van der Waals surface area contributed by atoms with Crippen LogP contribution in [-0.4, -0.2) is 69.1 Å². The fourth-order valence-electron chi connectivity index (χ4n) is 4.76. The summed E-state index contributed by atoms with van der Waals surface area (Å²) in [6.07, 6.45) is 28.8. The summed E-state index contributed by atoms with van der Waals surface area (Å²) in [5.41, 5.74) is 0. The van der Waals surface area contributed by atoms with E-state index in [0.29, 0.717) is 38.2 Å². The van der Waals surface area contributed by atoms with Crippen LogP contribution in [-0.2, 0) is 14.2 Å². The number of ether oxygens (including phenoxy) is 3. The summed E-state index contributed by atoms with van der Waals surface area (Å²) >= 11 is 0. The summed E-state index contributed by atoms with van der Waals surface area (Å²) in [7, 11) is 1.00. The van der Waals surface area contributed by atoms with Crippen LogP contribution in [0.5, 0.6) is 0 Å². The first-order chi connectivity index (χ1) is 22.4. The van der Waals surface area contributed by atoms with E-state index in [4.69, 9.17) is 24.4 Å². The Balaban J connectivity index is -0.00000239. The van der Waals surface area contributed by atoms with E-state index in [1.807, 2.05) is 27.7 Å². The lowest BCUT2D eigenvalue weighted by Crippen LogP contribution is -2.37. The number of amides is 1. The largest absolute Gasteiger partial charge is 0.449 e. The molecule has 0 saturated heterocycles. The van der Waals surface area contributed by atoms with Crippen molar-refractivity contribution < 1.29 is 29.2 Å². The molecule has 1 amide bonds. The second-order valence-corrected chi connectivity index (χ2v) is 13.6. The van der Waals surface area contributed by atoms with Crippen LogP contribution < -0.4 is 5.32 Å². The standard InChI is InChI=1S/C34H69NO4.C4H10O.CH4O/c1-5-7-9-11-13-15-17-18-20-22-24-26-28-38-33(29-35-34(36)39-30-32(3)4)31-37-27-25-23-21-19-16-14-12-10-8-6-2;1-4(2)3-5;1-2/h32-33H,5-31H2,1-4H3,(H,35,36);4-5H,3H2,1-2H3;2H,1H3.